The molecule has 0 fully saturated rings. The predicted octanol–water partition coefficient (Wildman–Crippen LogP) is -0.0403. The summed E-state index contributed by atoms with van der Waals surface area (Å²) in [5.74, 6) is 5.20. The fourth-order valence-electron chi connectivity index (χ4n) is 1.51. The van der Waals surface area contributed by atoms with Crippen LogP contribution in [0.25, 0.3) is 0 Å². The van der Waals surface area contributed by atoms with Crippen molar-refractivity contribution in [1.82, 2.24) is 14.8 Å². The van der Waals surface area contributed by atoms with Gasteiger partial charge in [0.15, 0.2) is 5.03 Å². The number of nitrogens with one attached hydrogen (secondary N) is 1. The minimum absolute atomic E-state index is 0.0335. The van der Waals surface area contributed by atoms with Gasteiger partial charge in [0.1, 0.15) is 18.1 Å². The first-order valence-electron chi connectivity index (χ1n) is 5.60. The molecule has 2 heterocycles. The molecule has 0 aliphatic heterocycles. The van der Waals surface area contributed by atoms with E-state index in [-0.39, 0.29) is 17.5 Å². The number of hydrogen-bond acceptors (Lipinski definition) is 5. The Bertz CT molecular complexity index is 771. The number of aryl methyl sites for hydroxylation is 1. The minimum Gasteiger partial charge on any atom is -0.384 e. The van der Waals surface area contributed by atoms with E-state index in [2.05, 4.69) is 26.6 Å². The molecule has 0 amide bonds. The highest BCUT2D eigenvalue weighted by atomic mass is 32.2. The van der Waals surface area contributed by atoms with Gasteiger partial charge in [-0.25, -0.2) is 4.98 Å². The van der Waals surface area contributed by atoms with Gasteiger partial charge in [0, 0.05) is 7.05 Å². The van der Waals surface area contributed by atoms with Crippen LogP contribution in [0.1, 0.15) is 5.69 Å². The average Bonchev–Trinajstić information content (AvgIpc) is 2.83. The number of anilines is 1. The molecule has 0 aliphatic carbocycles. The summed E-state index contributed by atoms with van der Waals surface area (Å²) in [5.41, 5.74) is 0.365. The number of nitrogens with zero attached hydrogens (tertiary/aromatic N) is 3. The first-order valence-corrected chi connectivity index (χ1v) is 7.09. The molecule has 20 heavy (non-hydrogen) atoms. The zero-order valence-electron chi connectivity index (χ0n) is 10.6. The maximum atomic E-state index is 12.1. The molecule has 2 aromatic rings. The molecule has 0 spiro atoms. The van der Waals surface area contributed by atoms with Gasteiger partial charge in [-0.2, -0.15) is 13.5 Å². The maximum Gasteiger partial charge on any atom is 0.280 e. The molecule has 0 bridgehead atoms. The lowest BCUT2D eigenvalue weighted by Gasteiger charge is -2.07. The number of aliphatic hydroxyl groups excluding tert-OH is 1. The van der Waals surface area contributed by atoms with E-state index in [1.165, 1.54) is 30.1 Å². The van der Waals surface area contributed by atoms with Crippen molar-refractivity contribution in [3.05, 3.63) is 36.2 Å². The smallest absolute Gasteiger partial charge is 0.280 e. The van der Waals surface area contributed by atoms with Gasteiger partial charge in [0.25, 0.3) is 10.0 Å². The van der Waals surface area contributed by atoms with Gasteiger partial charge < -0.3 is 5.11 Å². The van der Waals surface area contributed by atoms with Crippen molar-refractivity contribution >= 4 is 15.8 Å². The van der Waals surface area contributed by atoms with Crippen LogP contribution in [0.3, 0.4) is 0 Å². The molecule has 0 aliphatic rings. The van der Waals surface area contributed by atoms with Crippen molar-refractivity contribution in [3.8, 4) is 11.8 Å². The predicted molar refractivity (Wildman–Crippen MR) is 72.2 cm³/mol. The third kappa shape index (κ3) is 3.14. The van der Waals surface area contributed by atoms with Crippen LogP contribution in [-0.2, 0) is 17.1 Å². The van der Waals surface area contributed by atoms with Crippen molar-refractivity contribution in [2.24, 2.45) is 7.05 Å². The summed E-state index contributed by atoms with van der Waals surface area (Å²) < 4.78 is 27.8. The molecule has 0 saturated heterocycles. The molecule has 2 aromatic heterocycles. The van der Waals surface area contributed by atoms with E-state index in [1.54, 1.807) is 12.1 Å². The summed E-state index contributed by atoms with van der Waals surface area (Å²) in [6, 6.07) is 6.13. The molecule has 2 N–H and O–H groups in total. The van der Waals surface area contributed by atoms with Crippen molar-refractivity contribution in [2.75, 3.05) is 11.3 Å². The van der Waals surface area contributed by atoms with Crippen LogP contribution in [0.5, 0.6) is 0 Å². The molecule has 8 heteroatoms. The second kappa shape index (κ2) is 5.73. The Morgan fingerprint density at radius 2 is 2.20 bits per heavy atom. The van der Waals surface area contributed by atoms with E-state index in [9.17, 15) is 8.42 Å². The Morgan fingerprint density at radius 1 is 1.40 bits per heavy atom. The third-order valence-corrected chi connectivity index (χ3v) is 3.76. The minimum atomic E-state index is -3.75. The van der Waals surface area contributed by atoms with Crippen LogP contribution in [0.2, 0.25) is 0 Å². The van der Waals surface area contributed by atoms with E-state index < -0.39 is 10.0 Å². The molecule has 104 valence electrons. The van der Waals surface area contributed by atoms with Crippen LogP contribution in [0.4, 0.5) is 5.82 Å². The lowest BCUT2D eigenvalue weighted by molar-refractivity contribution is 0.350. The van der Waals surface area contributed by atoms with Crippen molar-refractivity contribution in [2.45, 2.75) is 5.03 Å². The molecule has 2 rings (SSSR count). The van der Waals surface area contributed by atoms with Crippen LogP contribution < -0.4 is 4.72 Å². The fraction of sp³-hybridized carbons (Fsp3) is 0.167. The number of hydrogen-bond donors (Lipinski definition) is 2. The van der Waals surface area contributed by atoms with Gasteiger partial charge in [-0.1, -0.05) is 12.0 Å². The normalized spacial score (nSPS) is 10.7. The first-order chi connectivity index (χ1) is 9.53. The maximum absolute atomic E-state index is 12.1. The number of rotatable bonds is 3. The highest BCUT2D eigenvalue weighted by molar-refractivity contribution is 7.92. The number of aliphatic hydroxyl groups is 1. The molecular formula is C12H12N4O3S. The number of sulfonamides is 1. The van der Waals surface area contributed by atoms with Crippen LogP contribution in [0, 0.1) is 11.8 Å². The van der Waals surface area contributed by atoms with Crippen molar-refractivity contribution < 1.29 is 13.5 Å². The number of aromatic nitrogens is 3. The van der Waals surface area contributed by atoms with E-state index in [0.29, 0.717) is 5.69 Å². The van der Waals surface area contributed by atoms with E-state index in [1.807, 2.05) is 0 Å². The standard InChI is InChI=1S/C12H12N4O3S/c1-16-12(7-8-13-16)20(18,19)15-11-6-2-4-10(14-11)5-3-9-17/h2,4,6-8,17H,9H2,1H3,(H,14,15). The topological polar surface area (TPSA) is 97.1 Å². The Kier molecular flexibility index (Phi) is 4.02. The number of pyridine rings is 1. The monoisotopic (exact) mass is 292 g/mol. The zero-order chi connectivity index (χ0) is 14.6. The van der Waals surface area contributed by atoms with Gasteiger partial charge in [-0.3, -0.25) is 9.40 Å². The van der Waals surface area contributed by atoms with Gasteiger partial charge in [0.05, 0.1) is 6.20 Å². The summed E-state index contributed by atoms with van der Waals surface area (Å²) >= 11 is 0. The quantitative estimate of drug-likeness (QED) is 0.774. The Labute approximate surface area is 116 Å². The lowest BCUT2D eigenvalue weighted by Crippen LogP contribution is -2.17. The molecule has 0 unspecified atom stereocenters. The molecular weight excluding hydrogens is 280 g/mol. The van der Waals surface area contributed by atoms with Gasteiger partial charge in [-0.15, -0.1) is 0 Å². The highest BCUT2D eigenvalue weighted by Gasteiger charge is 2.18. The lowest BCUT2D eigenvalue weighted by atomic mass is 10.3. The highest BCUT2D eigenvalue weighted by Crippen LogP contribution is 2.13. The van der Waals surface area contributed by atoms with E-state index in [4.69, 9.17) is 5.11 Å². The van der Waals surface area contributed by atoms with Crippen LogP contribution >= 0.6 is 0 Å². The Balaban J connectivity index is 2.28. The molecule has 0 radical (unpaired) electrons. The van der Waals surface area contributed by atoms with Crippen molar-refractivity contribution in [1.29, 1.82) is 0 Å². The molecule has 0 aromatic carbocycles. The third-order valence-electron chi connectivity index (χ3n) is 2.33. The second-order valence-electron chi connectivity index (χ2n) is 3.77. The molecule has 0 atom stereocenters. The summed E-state index contributed by atoms with van der Waals surface area (Å²) in [5, 5.41) is 12.5. The van der Waals surface area contributed by atoms with E-state index in [0.717, 1.165) is 0 Å². The largest absolute Gasteiger partial charge is 0.384 e. The van der Waals surface area contributed by atoms with Gasteiger partial charge in [0.2, 0.25) is 0 Å². The van der Waals surface area contributed by atoms with E-state index >= 15 is 0 Å². The SMILES string of the molecule is Cn1nccc1S(=O)(=O)Nc1cccc(C#CCO)n1. The summed E-state index contributed by atoms with van der Waals surface area (Å²) in [7, 11) is -2.21. The summed E-state index contributed by atoms with van der Waals surface area (Å²) in [4.78, 5) is 4.03. The summed E-state index contributed by atoms with van der Waals surface area (Å²) in [6.07, 6.45) is 1.39. The fourth-order valence-corrected chi connectivity index (χ4v) is 2.64. The summed E-state index contributed by atoms with van der Waals surface area (Å²) in [6.45, 7) is -0.285. The van der Waals surface area contributed by atoms with Crippen molar-refractivity contribution in [3.63, 3.8) is 0 Å². The van der Waals surface area contributed by atoms with Gasteiger partial charge >= 0.3 is 0 Å². The second-order valence-corrected chi connectivity index (χ2v) is 5.40. The van der Waals surface area contributed by atoms with Crippen LogP contribution in [0.15, 0.2) is 35.5 Å². The zero-order valence-corrected chi connectivity index (χ0v) is 11.4. The Morgan fingerprint density at radius 3 is 2.85 bits per heavy atom. The van der Waals surface area contributed by atoms with Crippen LogP contribution in [-0.4, -0.2) is 34.9 Å². The average molecular weight is 292 g/mol. The first kappa shape index (κ1) is 14.0. The molecule has 7 nitrogen and oxygen atoms in total. The Hall–Kier alpha value is -2.37. The molecule has 0 saturated carbocycles. The van der Waals surface area contributed by atoms with Gasteiger partial charge in [-0.05, 0) is 24.1 Å².